The lowest BCUT2D eigenvalue weighted by Gasteiger charge is -2.26. The fourth-order valence-electron chi connectivity index (χ4n) is 4.51. The van der Waals surface area contributed by atoms with Crippen molar-refractivity contribution in [2.24, 2.45) is 7.05 Å². The van der Waals surface area contributed by atoms with Crippen LogP contribution in [0.25, 0.3) is 11.3 Å². The van der Waals surface area contributed by atoms with Crippen LogP contribution in [0.4, 0.5) is 0 Å². The molecule has 1 atom stereocenters. The Balaban J connectivity index is 1.57. The molecule has 0 saturated carbocycles. The maximum absolute atomic E-state index is 13.8. The Morgan fingerprint density at radius 2 is 1.78 bits per heavy atom. The van der Waals surface area contributed by atoms with Crippen LogP contribution >= 0.6 is 23.2 Å². The number of rotatable bonds is 8. The number of nitrogens with zero attached hydrogens (tertiary/aromatic N) is 3. The maximum atomic E-state index is 13.8. The third kappa shape index (κ3) is 5.82. The van der Waals surface area contributed by atoms with E-state index in [4.69, 9.17) is 37.8 Å². The Bertz CT molecular complexity index is 1370. The molecule has 0 aliphatic carbocycles. The summed E-state index contributed by atoms with van der Waals surface area (Å²) in [7, 11) is 1.83. The number of hydrogen-bond acceptors (Lipinski definition) is 4. The minimum absolute atomic E-state index is 0.0380. The van der Waals surface area contributed by atoms with Gasteiger partial charge in [0.2, 0.25) is 5.88 Å². The summed E-state index contributed by atoms with van der Waals surface area (Å²) in [6, 6.07) is 24.2. The average molecular weight is 536 g/mol. The summed E-state index contributed by atoms with van der Waals surface area (Å²) in [5, 5.41) is 5.83. The van der Waals surface area contributed by atoms with Gasteiger partial charge in [0.25, 0.3) is 5.91 Å². The fraction of sp³-hybridized carbons (Fsp3) is 0.241. The quantitative estimate of drug-likeness (QED) is 0.243. The van der Waals surface area contributed by atoms with Gasteiger partial charge in [-0.2, -0.15) is 5.10 Å². The molecule has 1 aliphatic heterocycles. The number of carbonyl (C=O) groups is 1. The van der Waals surface area contributed by atoms with E-state index in [9.17, 15) is 4.79 Å². The molecule has 0 radical (unpaired) electrons. The Kier molecular flexibility index (Phi) is 7.79. The molecule has 0 spiro atoms. The van der Waals surface area contributed by atoms with Crippen molar-refractivity contribution in [1.82, 2.24) is 14.7 Å². The molecule has 1 saturated heterocycles. The molecule has 1 amide bonds. The van der Waals surface area contributed by atoms with Gasteiger partial charge < -0.3 is 14.4 Å². The molecule has 2 heterocycles. The van der Waals surface area contributed by atoms with Crippen molar-refractivity contribution in [1.29, 1.82) is 0 Å². The van der Waals surface area contributed by atoms with Gasteiger partial charge in [0.05, 0.1) is 28.8 Å². The van der Waals surface area contributed by atoms with Crippen LogP contribution in [0.1, 0.15) is 28.8 Å². The number of carbonyl (C=O) groups excluding carboxylic acids is 1. The highest BCUT2D eigenvalue weighted by molar-refractivity contribution is 6.33. The van der Waals surface area contributed by atoms with Gasteiger partial charge in [-0.25, -0.2) is 4.68 Å². The van der Waals surface area contributed by atoms with Crippen molar-refractivity contribution in [3.05, 3.63) is 100 Å². The van der Waals surface area contributed by atoms with Crippen LogP contribution < -0.4 is 4.74 Å². The summed E-state index contributed by atoms with van der Waals surface area (Å²) < 4.78 is 13.9. The Morgan fingerprint density at radius 3 is 2.49 bits per heavy atom. The molecular formula is C29H27Cl2N3O3. The fourth-order valence-corrected chi connectivity index (χ4v) is 4.86. The highest BCUT2D eigenvalue weighted by Crippen LogP contribution is 2.35. The van der Waals surface area contributed by atoms with Crippen molar-refractivity contribution in [2.45, 2.75) is 25.5 Å². The van der Waals surface area contributed by atoms with Crippen LogP contribution in [0.2, 0.25) is 10.0 Å². The standard InChI is InChI=1S/C29H27Cl2N3O3/c1-33-29(37-22-15-13-21(30)14-16-22)25(27(32-33)20-8-3-2-4-9-20)19-34(18-23-10-7-17-36-23)28(35)24-11-5-6-12-26(24)31/h2-6,8-9,11-16,23H,7,10,17-19H2,1H3/t23-/m1/s1. The van der Waals surface area contributed by atoms with Crippen molar-refractivity contribution in [2.75, 3.05) is 13.2 Å². The predicted octanol–water partition coefficient (Wildman–Crippen LogP) is 7.01. The molecule has 1 fully saturated rings. The van der Waals surface area contributed by atoms with Crippen molar-refractivity contribution >= 4 is 29.1 Å². The van der Waals surface area contributed by atoms with Gasteiger partial charge in [-0.1, -0.05) is 65.7 Å². The summed E-state index contributed by atoms with van der Waals surface area (Å²) in [6.45, 7) is 1.41. The second kappa shape index (κ2) is 11.4. The number of benzene rings is 3. The molecule has 3 aromatic carbocycles. The highest BCUT2D eigenvalue weighted by atomic mass is 35.5. The van der Waals surface area contributed by atoms with Gasteiger partial charge in [0.15, 0.2) is 0 Å². The van der Waals surface area contributed by atoms with E-state index in [0.29, 0.717) is 40.4 Å². The Morgan fingerprint density at radius 1 is 1.05 bits per heavy atom. The van der Waals surface area contributed by atoms with E-state index in [1.807, 2.05) is 49.5 Å². The van der Waals surface area contributed by atoms with Crippen molar-refractivity contribution in [3.8, 4) is 22.9 Å². The predicted molar refractivity (Wildman–Crippen MR) is 145 cm³/mol. The molecule has 37 heavy (non-hydrogen) atoms. The molecule has 4 aromatic rings. The first-order valence-corrected chi connectivity index (χ1v) is 13.0. The van der Waals surface area contributed by atoms with Gasteiger partial charge in [-0.05, 0) is 49.2 Å². The maximum Gasteiger partial charge on any atom is 0.255 e. The lowest BCUT2D eigenvalue weighted by atomic mass is 10.1. The molecule has 0 unspecified atom stereocenters. The molecule has 0 N–H and O–H groups in total. The first-order valence-electron chi connectivity index (χ1n) is 12.2. The van der Waals surface area contributed by atoms with E-state index in [2.05, 4.69) is 0 Å². The molecule has 5 rings (SSSR count). The van der Waals surface area contributed by atoms with Crippen molar-refractivity contribution in [3.63, 3.8) is 0 Å². The molecule has 1 aromatic heterocycles. The number of ether oxygens (including phenoxy) is 2. The zero-order valence-electron chi connectivity index (χ0n) is 20.4. The number of aryl methyl sites for hydroxylation is 1. The molecule has 0 bridgehead atoms. The minimum atomic E-state index is -0.165. The van der Waals surface area contributed by atoms with Gasteiger partial charge in [-0.3, -0.25) is 4.79 Å². The summed E-state index contributed by atoms with van der Waals surface area (Å²) in [6.07, 6.45) is 1.84. The first-order chi connectivity index (χ1) is 18.0. The molecular weight excluding hydrogens is 509 g/mol. The smallest absolute Gasteiger partial charge is 0.255 e. The van der Waals surface area contributed by atoms with Crippen LogP contribution in [0.3, 0.4) is 0 Å². The number of amides is 1. The van der Waals surface area contributed by atoms with Crippen LogP contribution in [0, 0.1) is 0 Å². The minimum Gasteiger partial charge on any atom is -0.439 e. The molecule has 1 aliphatic rings. The van der Waals surface area contributed by atoms with Crippen LogP contribution in [-0.2, 0) is 18.3 Å². The zero-order valence-corrected chi connectivity index (χ0v) is 22.0. The van der Waals surface area contributed by atoms with E-state index < -0.39 is 0 Å². The van der Waals surface area contributed by atoms with Gasteiger partial charge in [0, 0.05) is 30.8 Å². The van der Waals surface area contributed by atoms with E-state index in [0.717, 1.165) is 29.7 Å². The first kappa shape index (κ1) is 25.3. The topological polar surface area (TPSA) is 56.6 Å². The zero-order chi connectivity index (χ0) is 25.8. The largest absolute Gasteiger partial charge is 0.439 e. The monoisotopic (exact) mass is 535 g/mol. The average Bonchev–Trinajstić information content (AvgIpc) is 3.53. The van der Waals surface area contributed by atoms with Gasteiger partial charge in [-0.15, -0.1) is 0 Å². The summed E-state index contributed by atoms with van der Waals surface area (Å²) in [4.78, 5) is 15.6. The number of aromatic nitrogens is 2. The number of halogens is 2. The lowest BCUT2D eigenvalue weighted by molar-refractivity contribution is 0.0506. The number of hydrogen-bond donors (Lipinski definition) is 0. The second-order valence-corrected chi connectivity index (χ2v) is 9.82. The van der Waals surface area contributed by atoms with Gasteiger partial charge in [0.1, 0.15) is 11.4 Å². The van der Waals surface area contributed by atoms with E-state index in [-0.39, 0.29) is 18.6 Å². The van der Waals surface area contributed by atoms with Crippen molar-refractivity contribution < 1.29 is 14.3 Å². The third-order valence-corrected chi connectivity index (χ3v) is 6.93. The van der Waals surface area contributed by atoms with Crippen LogP contribution in [0.5, 0.6) is 11.6 Å². The highest BCUT2D eigenvalue weighted by Gasteiger charge is 2.29. The normalized spacial score (nSPS) is 15.1. The third-order valence-electron chi connectivity index (χ3n) is 6.35. The lowest BCUT2D eigenvalue weighted by Crippen LogP contribution is -2.37. The van der Waals surface area contributed by atoms with E-state index in [1.165, 1.54) is 0 Å². The van der Waals surface area contributed by atoms with Crippen LogP contribution in [0.15, 0.2) is 78.9 Å². The second-order valence-electron chi connectivity index (χ2n) is 8.98. The Hall–Kier alpha value is -3.32. The van der Waals surface area contributed by atoms with Crippen LogP contribution in [-0.4, -0.2) is 39.8 Å². The van der Waals surface area contributed by atoms with E-state index in [1.54, 1.807) is 46.0 Å². The van der Waals surface area contributed by atoms with Gasteiger partial charge >= 0.3 is 0 Å². The SMILES string of the molecule is Cn1nc(-c2ccccc2)c(CN(C[C@H]2CCCO2)C(=O)c2ccccc2Cl)c1Oc1ccc(Cl)cc1. The summed E-state index contributed by atoms with van der Waals surface area (Å²) in [5.74, 6) is 1.00. The Labute approximate surface area is 226 Å². The molecule has 190 valence electrons. The molecule has 6 nitrogen and oxygen atoms in total. The molecule has 8 heteroatoms. The van der Waals surface area contributed by atoms with E-state index >= 15 is 0 Å². The summed E-state index contributed by atoms with van der Waals surface area (Å²) in [5.41, 5.74) is 2.92. The summed E-state index contributed by atoms with van der Waals surface area (Å²) >= 11 is 12.5.